The normalized spacial score (nSPS) is 22.9. The van der Waals surface area contributed by atoms with Gasteiger partial charge in [0.15, 0.2) is 0 Å². The molecule has 8 heteroatoms. The van der Waals surface area contributed by atoms with E-state index in [9.17, 15) is 14.4 Å². The lowest BCUT2D eigenvalue weighted by Gasteiger charge is -2.32. The van der Waals surface area contributed by atoms with Crippen molar-refractivity contribution in [1.82, 2.24) is 26.6 Å². The molecule has 0 aromatic heterocycles. The first-order valence-corrected chi connectivity index (χ1v) is 9.90. The Morgan fingerprint density at radius 2 is 1.64 bits per heavy atom. The summed E-state index contributed by atoms with van der Waals surface area (Å²) in [5.41, 5.74) is 12.3. The summed E-state index contributed by atoms with van der Waals surface area (Å²) in [5, 5.41) is 0. The maximum absolute atomic E-state index is 12.3. The van der Waals surface area contributed by atoms with Crippen molar-refractivity contribution in [3.8, 4) is 0 Å². The highest BCUT2D eigenvalue weighted by Crippen LogP contribution is 2.22. The molecular weight excluding hydrogens is 358 g/mol. The summed E-state index contributed by atoms with van der Waals surface area (Å²) in [6.07, 6.45) is 1.82. The molecule has 3 rings (SSSR count). The number of carbonyl (C=O) groups is 3. The number of hydrogen-bond acceptors (Lipinski definition) is 5. The summed E-state index contributed by atoms with van der Waals surface area (Å²) in [6, 6.07) is 9.53. The highest BCUT2D eigenvalue weighted by atomic mass is 16.2. The largest absolute Gasteiger partial charge is 0.342 e. The van der Waals surface area contributed by atoms with E-state index < -0.39 is 6.04 Å². The molecule has 0 aliphatic carbocycles. The van der Waals surface area contributed by atoms with Crippen LogP contribution >= 0.6 is 0 Å². The second kappa shape index (κ2) is 9.16. The molecule has 2 aliphatic heterocycles. The van der Waals surface area contributed by atoms with Gasteiger partial charge in [-0.15, -0.1) is 0 Å². The molecule has 4 N–H and O–H groups in total. The molecule has 8 nitrogen and oxygen atoms in total. The van der Waals surface area contributed by atoms with Crippen LogP contribution < -0.4 is 21.7 Å². The molecule has 2 atom stereocenters. The number of likely N-dealkylation sites (tertiary alicyclic amines) is 1. The van der Waals surface area contributed by atoms with Crippen LogP contribution in [0.25, 0.3) is 0 Å². The SMILES string of the molecule is CC(C)C(=O)N1CCC(C(=O)NNC(=O)C2CC(c3ccccc3)NN2)CC1. The summed E-state index contributed by atoms with van der Waals surface area (Å²) in [6.45, 7) is 4.92. The van der Waals surface area contributed by atoms with E-state index in [0.29, 0.717) is 32.4 Å². The third-order valence-corrected chi connectivity index (χ3v) is 5.40. The van der Waals surface area contributed by atoms with Gasteiger partial charge >= 0.3 is 0 Å². The fourth-order valence-electron chi connectivity index (χ4n) is 3.67. The first kappa shape index (κ1) is 20.3. The third-order valence-electron chi connectivity index (χ3n) is 5.40. The fourth-order valence-corrected chi connectivity index (χ4v) is 3.67. The lowest BCUT2D eigenvalue weighted by atomic mass is 9.95. The minimum absolute atomic E-state index is 0.0307. The van der Waals surface area contributed by atoms with E-state index in [1.807, 2.05) is 49.1 Å². The number of piperidine rings is 1. The molecule has 0 spiro atoms. The standard InChI is InChI=1S/C20H29N5O3/c1-13(2)20(28)25-10-8-15(9-11-25)18(26)23-24-19(27)17-12-16(21-22-17)14-6-4-3-5-7-14/h3-7,13,15-17,21-22H,8-12H2,1-2H3,(H,23,26)(H,24,27). The summed E-state index contributed by atoms with van der Waals surface area (Å²) in [4.78, 5) is 38.5. The van der Waals surface area contributed by atoms with Crippen molar-refractivity contribution >= 4 is 17.7 Å². The van der Waals surface area contributed by atoms with E-state index in [1.54, 1.807) is 0 Å². The highest BCUT2D eigenvalue weighted by Gasteiger charge is 2.32. The van der Waals surface area contributed by atoms with Gasteiger partial charge in [0.25, 0.3) is 5.91 Å². The van der Waals surface area contributed by atoms with Gasteiger partial charge in [0, 0.05) is 31.0 Å². The molecule has 3 amide bonds. The Balaban J connectivity index is 1.40. The number of hydrazine groups is 2. The predicted molar refractivity (Wildman–Crippen MR) is 104 cm³/mol. The van der Waals surface area contributed by atoms with Gasteiger partial charge in [-0.05, 0) is 24.8 Å². The molecule has 1 aromatic carbocycles. The van der Waals surface area contributed by atoms with E-state index in [2.05, 4.69) is 21.7 Å². The number of nitrogens with one attached hydrogen (secondary N) is 4. The zero-order chi connectivity index (χ0) is 20.1. The van der Waals surface area contributed by atoms with Crippen molar-refractivity contribution in [2.45, 2.75) is 45.2 Å². The predicted octanol–water partition coefficient (Wildman–Crippen LogP) is 0.636. The smallest absolute Gasteiger partial charge is 0.256 e. The lowest BCUT2D eigenvalue weighted by Crippen LogP contribution is -2.52. The van der Waals surface area contributed by atoms with E-state index in [0.717, 1.165) is 5.56 Å². The maximum Gasteiger partial charge on any atom is 0.256 e. The summed E-state index contributed by atoms with van der Waals surface area (Å²) < 4.78 is 0. The molecule has 0 radical (unpaired) electrons. The number of nitrogens with zero attached hydrogens (tertiary/aromatic N) is 1. The molecule has 2 saturated heterocycles. The van der Waals surface area contributed by atoms with Crippen LogP contribution in [-0.4, -0.2) is 41.8 Å². The minimum Gasteiger partial charge on any atom is -0.342 e. The van der Waals surface area contributed by atoms with Gasteiger partial charge in [-0.3, -0.25) is 25.2 Å². The van der Waals surface area contributed by atoms with Gasteiger partial charge in [-0.1, -0.05) is 44.2 Å². The van der Waals surface area contributed by atoms with Crippen LogP contribution in [0, 0.1) is 11.8 Å². The van der Waals surface area contributed by atoms with Gasteiger partial charge in [-0.25, -0.2) is 10.9 Å². The Hall–Kier alpha value is -2.45. The molecule has 2 fully saturated rings. The first-order valence-electron chi connectivity index (χ1n) is 9.90. The number of benzene rings is 1. The number of amides is 3. The van der Waals surface area contributed by atoms with Gasteiger partial charge in [0.1, 0.15) is 6.04 Å². The summed E-state index contributed by atoms with van der Waals surface area (Å²) >= 11 is 0. The fraction of sp³-hybridized carbons (Fsp3) is 0.550. The maximum atomic E-state index is 12.3. The van der Waals surface area contributed by atoms with Crippen molar-refractivity contribution in [2.24, 2.45) is 11.8 Å². The van der Waals surface area contributed by atoms with Gasteiger partial charge in [0.05, 0.1) is 0 Å². The van der Waals surface area contributed by atoms with Gasteiger partial charge in [0.2, 0.25) is 11.8 Å². The van der Waals surface area contributed by atoms with E-state index in [-0.39, 0.29) is 35.6 Å². The monoisotopic (exact) mass is 387 g/mol. The van der Waals surface area contributed by atoms with Crippen molar-refractivity contribution in [3.63, 3.8) is 0 Å². The van der Waals surface area contributed by atoms with Gasteiger partial charge < -0.3 is 4.90 Å². The van der Waals surface area contributed by atoms with Crippen LogP contribution in [0.15, 0.2) is 30.3 Å². The quantitative estimate of drug-likeness (QED) is 0.568. The van der Waals surface area contributed by atoms with Crippen LogP contribution in [-0.2, 0) is 14.4 Å². The summed E-state index contributed by atoms with van der Waals surface area (Å²) in [5.74, 6) is -0.567. The Morgan fingerprint density at radius 1 is 1.00 bits per heavy atom. The van der Waals surface area contributed by atoms with Crippen LogP contribution in [0.1, 0.15) is 44.7 Å². The second-order valence-corrected chi connectivity index (χ2v) is 7.77. The van der Waals surface area contributed by atoms with Crippen LogP contribution in [0.2, 0.25) is 0 Å². The molecule has 152 valence electrons. The molecule has 0 bridgehead atoms. The van der Waals surface area contributed by atoms with Crippen molar-refractivity contribution < 1.29 is 14.4 Å². The van der Waals surface area contributed by atoms with Crippen molar-refractivity contribution in [2.75, 3.05) is 13.1 Å². The first-order chi connectivity index (χ1) is 13.5. The zero-order valence-corrected chi connectivity index (χ0v) is 16.4. The van der Waals surface area contributed by atoms with Crippen LogP contribution in [0.3, 0.4) is 0 Å². The van der Waals surface area contributed by atoms with Crippen molar-refractivity contribution in [1.29, 1.82) is 0 Å². The Bertz CT molecular complexity index is 701. The molecular formula is C20H29N5O3. The van der Waals surface area contributed by atoms with E-state index >= 15 is 0 Å². The number of carbonyl (C=O) groups excluding carboxylic acids is 3. The molecule has 2 unspecified atom stereocenters. The van der Waals surface area contributed by atoms with Crippen molar-refractivity contribution in [3.05, 3.63) is 35.9 Å². The summed E-state index contributed by atoms with van der Waals surface area (Å²) in [7, 11) is 0. The van der Waals surface area contributed by atoms with E-state index in [4.69, 9.17) is 0 Å². The molecule has 28 heavy (non-hydrogen) atoms. The number of hydrogen-bond donors (Lipinski definition) is 4. The molecule has 0 saturated carbocycles. The van der Waals surface area contributed by atoms with Crippen LogP contribution in [0.5, 0.6) is 0 Å². The topological polar surface area (TPSA) is 103 Å². The Morgan fingerprint density at radius 3 is 2.29 bits per heavy atom. The number of rotatable bonds is 4. The second-order valence-electron chi connectivity index (χ2n) is 7.77. The molecule has 1 aromatic rings. The van der Waals surface area contributed by atoms with Crippen LogP contribution in [0.4, 0.5) is 0 Å². The average Bonchev–Trinajstić information content (AvgIpc) is 3.22. The molecule has 2 aliphatic rings. The molecule has 2 heterocycles. The Labute approximate surface area is 165 Å². The average molecular weight is 387 g/mol. The van der Waals surface area contributed by atoms with Gasteiger partial charge in [-0.2, -0.15) is 0 Å². The lowest BCUT2D eigenvalue weighted by molar-refractivity contribution is -0.138. The minimum atomic E-state index is -0.420. The zero-order valence-electron chi connectivity index (χ0n) is 16.4. The Kier molecular flexibility index (Phi) is 6.64. The highest BCUT2D eigenvalue weighted by molar-refractivity contribution is 5.86. The third kappa shape index (κ3) is 4.88. The van der Waals surface area contributed by atoms with E-state index in [1.165, 1.54) is 0 Å².